The van der Waals surface area contributed by atoms with Crippen LogP contribution in [0.3, 0.4) is 0 Å². The van der Waals surface area contributed by atoms with Crippen LogP contribution in [0, 0.1) is 0 Å². The SMILES string of the molecule is NC(=O)c1cccc(NCc2ccc(O)c(Br)c2)c1. The highest BCUT2D eigenvalue weighted by Gasteiger charge is 2.02. The van der Waals surface area contributed by atoms with E-state index in [-0.39, 0.29) is 5.75 Å². The van der Waals surface area contributed by atoms with Gasteiger partial charge in [0.05, 0.1) is 4.47 Å². The van der Waals surface area contributed by atoms with Crippen LogP contribution in [0.15, 0.2) is 46.9 Å². The minimum Gasteiger partial charge on any atom is -0.507 e. The number of primary amides is 1. The van der Waals surface area contributed by atoms with Crippen molar-refractivity contribution in [3.05, 3.63) is 58.1 Å². The molecule has 0 saturated heterocycles. The zero-order valence-electron chi connectivity index (χ0n) is 10.1. The summed E-state index contributed by atoms with van der Waals surface area (Å²) in [5, 5.41) is 12.6. The van der Waals surface area contributed by atoms with Gasteiger partial charge in [-0.3, -0.25) is 4.79 Å². The lowest BCUT2D eigenvalue weighted by Gasteiger charge is -2.08. The maximum Gasteiger partial charge on any atom is 0.248 e. The van der Waals surface area contributed by atoms with Gasteiger partial charge in [0.25, 0.3) is 0 Å². The van der Waals surface area contributed by atoms with Crippen LogP contribution in [-0.4, -0.2) is 11.0 Å². The molecule has 0 aromatic heterocycles. The van der Waals surface area contributed by atoms with Gasteiger partial charge in [0.1, 0.15) is 5.75 Å². The Bertz CT molecular complexity index is 614. The fraction of sp³-hybridized carbons (Fsp3) is 0.0714. The number of hydrogen-bond acceptors (Lipinski definition) is 3. The van der Waals surface area contributed by atoms with Crippen molar-refractivity contribution in [3.8, 4) is 5.75 Å². The third kappa shape index (κ3) is 3.48. The van der Waals surface area contributed by atoms with Crippen molar-refractivity contribution in [2.24, 2.45) is 5.73 Å². The molecule has 0 spiro atoms. The standard InChI is InChI=1S/C14H13BrN2O2/c15-12-6-9(4-5-13(12)18)8-17-11-3-1-2-10(7-11)14(16)19/h1-7,17-18H,8H2,(H2,16,19). The number of halogens is 1. The van der Waals surface area contributed by atoms with Crippen molar-refractivity contribution in [2.75, 3.05) is 5.32 Å². The molecule has 4 nitrogen and oxygen atoms in total. The Morgan fingerprint density at radius 1 is 1.26 bits per heavy atom. The molecule has 0 bridgehead atoms. The molecule has 0 fully saturated rings. The van der Waals surface area contributed by atoms with Crippen LogP contribution >= 0.6 is 15.9 Å². The van der Waals surface area contributed by atoms with Gasteiger partial charge in [-0.25, -0.2) is 0 Å². The number of amides is 1. The molecule has 98 valence electrons. The molecule has 0 atom stereocenters. The quantitative estimate of drug-likeness (QED) is 0.810. The Labute approximate surface area is 119 Å². The molecule has 19 heavy (non-hydrogen) atoms. The predicted molar refractivity (Wildman–Crippen MR) is 78.1 cm³/mol. The number of carbonyl (C=O) groups is 1. The van der Waals surface area contributed by atoms with Crippen molar-refractivity contribution >= 4 is 27.5 Å². The molecule has 0 aliphatic rings. The van der Waals surface area contributed by atoms with E-state index in [1.807, 2.05) is 18.2 Å². The average Bonchev–Trinajstić information content (AvgIpc) is 2.40. The summed E-state index contributed by atoms with van der Waals surface area (Å²) in [6.07, 6.45) is 0. The Morgan fingerprint density at radius 2 is 2.05 bits per heavy atom. The van der Waals surface area contributed by atoms with Gasteiger partial charge in [0.15, 0.2) is 0 Å². The number of nitrogens with one attached hydrogen (secondary N) is 1. The first kappa shape index (κ1) is 13.4. The number of benzene rings is 2. The summed E-state index contributed by atoms with van der Waals surface area (Å²) in [6.45, 7) is 0.584. The largest absolute Gasteiger partial charge is 0.507 e. The maximum absolute atomic E-state index is 11.1. The van der Waals surface area contributed by atoms with Crippen LogP contribution in [0.4, 0.5) is 5.69 Å². The first-order chi connectivity index (χ1) is 9.06. The van der Waals surface area contributed by atoms with E-state index in [0.717, 1.165) is 11.3 Å². The Hall–Kier alpha value is -2.01. The fourth-order valence-electron chi connectivity index (χ4n) is 1.65. The summed E-state index contributed by atoms with van der Waals surface area (Å²) in [5.41, 5.74) is 7.52. The number of hydrogen-bond donors (Lipinski definition) is 3. The second kappa shape index (κ2) is 5.75. The van der Waals surface area contributed by atoms with E-state index in [1.54, 1.807) is 24.3 Å². The summed E-state index contributed by atoms with van der Waals surface area (Å²) in [6, 6.07) is 12.3. The zero-order chi connectivity index (χ0) is 13.8. The van der Waals surface area contributed by atoms with Crippen molar-refractivity contribution in [2.45, 2.75) is 6.54 Å². The van der Waals surface area contributed by atoms with Gasteiger partial charge < -0.3 is 16.2 Å². The number of anilines is 1. The minimum atomic E-state index is -0.448. The summed E-state index contributed by atoms with van der Waals surface area (Å²) in [5.74, 6) is -0.240. The highest BCUT2D eigenvalue weighted by atomic mass is 79.9. The van der Waals surface area contributed by atoms with Gasteiger partial charge in [-0.2, -0.15) is 0 Å². The lowest BCUT2D eigenvalue weighted by molar-refractivity contribution is 0.100. The monoisotopic (exact) mass is 320 g/mol. The van der Waals surface area contributed by atoms with Crippen LogP contribution in [0.25, 0.3) is 0 Å². The third-order valence-corrected chi connectivity index (χ3v) is 3.29. The summed E-state index contributed by atoms with van der Waals surface area (Å²) in [4.78, 5) is 11.1. The number of nitrogens with two attached hydrogens (primary N) is 1. The molecule has 0 radical (unpaired) electrons. The van der Waals surface area contributed by atoms with E-state index >= 15 is 0 Å². The van der Waals surface area contributed by atoms with Crippen molar-refractivity contribution < 1.29 is 9.90 Å². The smallest absolute Gasteiger partial charge is 0.248 e. The van der Waals surface area contributed by atoms with Crippen LogP contribution in [-0.2, 0) is 6.54 Å². The van der Waals surface area contributed by atoms with Crippen LogP contribution in [0.2, 0.25) is 0 Å². The highest BCUT2D eigenvalue weighted by Crippen LogP contribution is 2.24. The lowest BCUT2D eigenvalue weighted by Crippen LogP contribution is -2.11. The molecule has 0 aliphatic carbocycles. The Morgan fingerprint density at radius 3 is 2.74 bits per heavy atom. The van der Waals surface area contributed by atoms with Crippen molar-refractivity contribution in [1.29, 1.82) is 0 Å². The molecular formula is C14H13BrN2O2. The van der Waals surface area contributed by atoms with Crippen molar-refractivity contribution in [3.63, 3.8) is 0 Å². The first-order valence-corrected chi connectivity index (χ1v) is 6.46. The minimum absolute atomic E-state index is 0.208. The number of phenolic OH excluding ortho intramolecular Hbond substituents is 1. The number of phenols is 1. The van der Waals surface area contributed by atoms with E-state index in [9.17, 15) is 9.90 Å². The van der Waals surface area contributed by atoms with E-state index in [4.69, 9.17) is 5.73 Å². The second-order valence-corrected chi connectivity index (χ2v) is 4.94. The average molecular weight is 321 g/mol. The van der Waals surface area contributed by atoms with Gasteiger partial charge >= 0.3 is 0 Å². The molecule has 0 heterocycles. The first-order valence-electron chi connectivity index (χ1n) is 5.67. The molecule has 0 unspecified atom stereocenters. The molecule has 2 aromatic carbocycles. The van der Waals surface area contributed by atoms with E-state index < -0.39 is 5.91 Å². The molecule has 4 N–H and O–H groups in total. The predicted octanol–water partition coefficient (Wildman–Crippen LogP) is 2.87. The van der Waals surface area contributed by atoms with Gasteiger partial charge in [-0.05, 0) is 51.8 Å². The molecule has 2 aromatic rings. The molecule has 2 rings (SSSR count). The topological polar surface area (TPSA) is 75.4 Å². The summed E-state index contributed by atoms with van der Waals surface area (Å²) in [7, 11) is 0. The van der Waals surface area contributed by atoms with Gasteiger partial charge in [0.2, 0.25) is 5.91 Å². The fourth-order valence-corrected chi connectivity index (χ4v) is 2.07. The lowest BCUT2D eigenvalue weighted by atomic mass is 10.1. The van der Waals surface area contributed by atoms with Crippen LogP contribution < -0.4 is 11.1 Å². The Balaban J connectivity index is 2.07. The summed E-state index contributed by atoms with van der Waals surface area (Å²) >= 11 is 3.26. The normalized spacial score (nSPS) is 10.2. The Kier molecular flexibility index (Phi) is 4.06. The van der Waals surface area contributed by atoms with E-state index in [0.29, 0.717) is 16.6 Å². The number of carbonyl (C=O) groups excluding carboxylic acids is 1. The molecule has 5 heteroatoms. The molecular weight excluding hydrogens is 308 g/mol. The van der Waals surface area contributed by atoms with Crippen LogP contribution in [0.1, 0.15) is 15.9 Å². The van der Waals surface area contributed by atoms with Gasteiger partial charge in [-0.1, -0.05) is 12.1 Å². The summed E-state index contributed by atoms with van der Waals surface area (Å²) < 4.78 is 0.651. The zero-order valence-corrected chi connectivity index (χ0v) is 11.6. The number of aromatic hydroxyl groups is 1. The van der Waals surface area contributed by atoms with E-state index in [2.05, 4.69) is 21.2 Å². The number of rotatable bonds is 4. The van der Waals surface area contributed by atoms with E-state index in [1.165, 1.54) is 0 Å². The van der Waals surface area contributed by atoms with Crippen molar-refractivity contribution in [1.82, 2.24) is 0 Å². The van der Waals surface area contributed by atoms with Gasteiger partial charge in [0, 0.05) is 17.8 Å². The molecule has 1 amide bonds. The second-order valence-electron chi connectivity index (χ2n) is 4.08. The van der Waals surface area contributed by atoms with Crippen LogP contribution in [0.5, 0.6) is 5.75 Å². The molecule has 0 saturated carbocycles. The third-order valence-electron chi connectivity index (χ3n) is 2.66. The van der Waals surface area contributed by atoms with Gasteiger partial charge in [-0.15, -0.1) is 0 Å². The highest BCUT2D eigenvalue weighted by molar-refractivity contribution is 9.10. The maximum atomic E-state index is 11.1. The molecule has 0 aliphatic heterocycles.